The highest BCUT2D eigenvalue weighted by Gasteiger charge is 2.05. The summed E-state index contributed by atoms with van der Waals surface area (Å²) >= 11 is 0. The molecule has 0 atom stereocenters. The van der Waals surface area contributed by atoms with Crippen LogP contribution in [0.2, 0.25) is 0 Å². The molecule has 1 heterocycles. The van der Waals surface area contributed by atoms with Gasteiger partial charge in [0.2, 0.25) is 5.91 Å². The number of rotatable bonds is 8. The van der Waals surface area contributed by atoms with Gasteiger partial charge in [-0.25, -0.2) is 4.98 Å². The van der Waals surface area contributed by atoms with E-state index in [1.807, 2.05) is 0 Å². The summed E-state index contributed by atoms with van der Waals surface area (Å²) in [4.78, 5) is 26.3. The fourth-order valence-corrected chi connectivity index (χ4v) is 1.49. The van der Waals surface area contributed by atoms with Crippen LogP contribution in [0.1, 0.15) is 19.3 Å². The first-order chi connectivity index (χ1) is 9.63. The van der Waals surface area contributed by atoms with Crippen LogP contribution in [0.5, 0.6) is 0 Å². The molecule has 0 aliphatic rings. The Labute approximate surface area is 117 Å². The Balaban J connectivity index is 2.09. The summed E-state index contributed by atoms with van der Waals surface area (Å²) < 4.78 is 4.46. The van der Waals surface area contributed by atoms with Gasteiger partial charge in [0.25, 0.3) is 0 Å². The van der Waals surface area contributed by atoms with Gasteiger partial charge in [-0.05, 0) is 18.6 Å². The Bertz CT molecular complexity index is 451. The number of ether oxygens (including phenoxy) is 1. The van der Waals surface area contributed by atoms with Crippen molar-refractivity contribution in [2.24, 2.45) is 0 Å². The van der Waals surface area contributed by atoms with Crippen molar-refractivity contribution in [3.63, 3.8) is 0 Å². The van der Waals surface area contributed by atoms with Crippen molar-refractivity contribution < 1.29 is 14.3 Å². The first-order valence-electron chi connectivity index (χ1n) is 6.41. The molecule has 1 amide bonds. The van der Waals surface area contributed by atoms with Crippen LogP contribution in [0.3, 0.4) is 0 Å². The van der Waals surface area contributed by atoms with Crippen LogP contribution >= 0.6 is 0 Å². The molecule has 0 bridgehead atoms. The fourth-order valence-electron chi connectivity index (χ4n) is 1.49. The lowest BCUT2D eigenvalue weighted by atomic mass is 10.3. The van der Waals surface area contributed by atoms with Crippen molar-refractivity contribution in [3.8, 4) is 0 Å². The molecule has 0 aromatic carbocycles. The quantitative estimate of drug-likeness (QED) is 0.474. The van der Waals surface area contributed by atoms with E-state index >= 15 is 0 Å². The first-order valence-corrected chi connectivity index (χ1v) is 6.41. The van der Waals surface area contributed by atoms with E-state index in [4.69, 9.17) is 5.73 Å². The van der Waals surface area contributed by atoms with Gasteiger partial charge < -0.3 is 21.1 Å². The van der Waals surface area contributed by atoms with Gasteiger partial charge in [-0.2, -0.15) is 0 Å². The van der Waals surface area contributed by atoms with E-state index in [2.05, 4.69) is 20.4 Å². The van der Waals surface area contributed by atoms with Crippen LogP contribution in [-0.2, 0) is 14.3 Å². The molecule has 20 heavy (non-hydrogen) atoms. The minimum absolute atomic E-state index is 0.102. The van der Waals surface area contributed by atoms with Crippen molar-refractivity contribution in [1.82, 2.24) is 10.3 Å². The summed E-state index contributed by atoms with van der Waals surface area (Å²) in [6.07, 6.45) is 2.64. The number of carbonyl (C=O) groups is 2. The van der Waals surface area contributed by atoms with Gasteiger partial charge in [0, 0.05) is 25.7 Å². The Hall–Kier alpha value is -2.31. The minimum Gasteiger partial charge on any atom is -0.469 e. The van der Waals surface area contributed by atoms with Gasteiger partial charge in [-0.3, -0.25) is 9.59 Å². The monoisotopic (exact) mass is 280 g/mol. The van der Waals surface area contributed by atoms with E-state index in [0.717, 1.165) is 6.42 Å². The van der Waals surface area contributed by atoms with Crippen LogP contribution in [0.4, 0.5) is 11.5 Å². The van der Waals surface area contributed by atoms with Crippen molar-refractivity contribution in [2.45, 2.75) is 19.3 Å². The summed E-state index contributed by atoms with van der Waals surface area (Å²) in [6.45, 7) is 1.18. The van der Waals surface area contributed by atoms with Gasteiger partial charge in [0.1, 0.15) is 5.82 Å². The number of nitrogens with two attached hydrogens (primary N) is 1. The van der Waals surface area contributed by atoms with Crippen molar-refractivity contribution in [3.05, 3.63) is 18.3 Å². The lowest BCUT2D eigenvalue weighted by Crippen LogP contribution is -2.26. The molecular weight excluding hydrogens is 260 g/mol. The minimum atomic E-state index is -0.382. The Morgan fingerprint density at radius 3 is 2.85 bits per heavy atom. The maximum Gasteiger partial charge on any atom is 0.306 e. The molecule has 7 nitrogen and oxygen atoms in total. The normalized spacial score (nSPS) is 9.85. The predicted octanol–water partition coefficient (Wildman–Crippen LogP) is 0.535. The Kier molecular flexibility index (Phi) is 6.88. The summed E-state index contributed by atoms with van der Waals surface area (Å²) in [5.41, 5.74) is 6.32. The van der Waals surface area contributed by atoms with Crippen LogP contribution in [0.25, 0.3) is 0 Å². The number of esters is 1. The highest BCUT2D eigenvalue weighted by atomic mass is 16.5. The van der Waals surface area contributed by atoms with Gasteiger partial charge in [-0.1, -0.05) is 0 Å². The summed E-state index contributed by atoms with van der Waals surface area (Å²) in [6, 6.07) is 3.53. The smallest absolute Gasteiger partial charge is 0.306 e. The van der Waals surface area contributed by atoms with Crippen molar-refractivity contribution >= 4 is 23.4 Å². The third-order valence-electron chi connectivity index (χ3n) is 2.59. The molecular formula is C13H20N4O3. The van der Waals surface area contributed by atoms with Crippen LogP contribution in [0, 0.1) is 0 Å². The van der Waals surface area contributed by atoms with E-state index in [0.29, 0.717) is 24.6 Å². The molecule has 0 aliphatic heterocycles. The topological polar surface area (TPSA) is 106 Å². The number of aromatic nitrogens is 1. The van der Waals surface area contributed by atoms with E-state index < -0.39 is 0 Å². The zero-order valence-electron chi connectivity index (χ0n) is 11.5. The molecule has 1 aromatic heterocycles. The molecule has 7 heteroatoms. The van der Waals surface area contributed by atoms with Crippen LogP contribution in [0.15, 0.2) is 18.3 Å². The molecule has 0 fully saturated rings. The molecule has 0 unspecified atom stereocenters. The molecule has 4 N–H and O–H groups in total. The molecule has 0 saturated heterocycles. The number of nitrogens with one attached hydrogen (secondary N) is 2. The number of methoxy groups -OCH3 is 1. The zero-order chi connectivity index (χ0) is 14.8. The molecule has 0 spiro atoms. The van der Waals surface area contributed by atoms with Gasteiger partial charge in [0.05, 0.1) is 19.2 Å². The van der Waals surface area contributed by atoms with Gasteiger partial charge in [-0.15, -0.1) is 0 Å². The van der Waals surface area contributed by atoms with E-state index in [9.17, 15) is 9.59 Å². The van der Waals surface area contributed by atoms with Crippen LogP contribution in [-0.4, -0.2) is 37.1 Å². The summed E-state index contributed by atoms with van der Waals surface area (Å²) in [7, 11) is 1.30. The number of nitrogen functional groups attached to an aromatic ring is 1. The number of amides is 1. The van der Waals surface area contributed by atoms with Crippen LogP contribution < -0.4 is 16.4 Å². The fraction of sp³-hybridized carbons (Fsp3) is 0.462. The lowest BCUT2D eigenvalue weighted by molar-refractivity contribution is -0.142. The summed E-state index contributed by atoms with van der Waals surface area (Å²) in [5, 5.41) is 5.81. The van der Waals surface area contributed by atoms with Gasteiger partial charge in [0.15, 0.2) is 0 Å². The van der Waals surface area contributed by atoms with E-state index in [-0.39, 0.29) is 24.7 Å². The number of hydrogen-bond donors (Lipinski definition) is 3. The highest BCUT2D eigenvalue weighted by Crippen LogP contribution is 2.12. The molecule has 0 aliphatic carbocycles. The number of anilines is 2. The Morgan fingerprint density at radius 1 is 1.35 bits per heavy atom. The van der Waals surface area contributed by atoms with Crippen molar-refractivity contribution in [2.75, 3.05) is 31.2 Å². The number of hydrogen-bond acceptors (Lipinski definition) is 6. The third kappa shape index (κ3) is 6.03. The largest absolute Gasteiger partial charge is 0.469 e. The van der Waals surface area contributed by atoms with E-state index in [1.165, 1.54) is 7.11 Å². The lowest BCUT2D eigenvalue weighted by Gasteiger charge is -2.08. The zero-order valence-corrected chi connectivity index (χ0v) is 11.5. The standard InChI is InChI=1S/C13H20N4O3/c1-20-12(19)6-5-11(18)15-8-3-9-17-13-10(14)4-2-7-16-13/h2,4,7H,3,5-6,8-9,14H2,1H3,(H,15,18)(H,16,17). The molecule has 110 valence electrons. The van der Waals surface area contributed by atoms with Gasteiger partial charge >= 0.3 is 5.97 Å². The third-order valence-corrected chi connectivity index (χ3v) is 2.59. The molecule has 0 saturated carbocycles. The molecule has 1 aromatic rings. The highest BCUT2D eigenvalue weighted by molar-refractivity contribution is 5.81. The average Bonchev–Trinajstić information content (AvgIpc) is 2.46. The second kappa shape index (κ2) is 8.73. The SMILES string of the molecule is COC(=O)CCC(=O)NCCCNc1ncccc1N. The maximum atomic E-state index is 11.4. The second-order valence-corrected chi connectivity index (χ2v) is 4.15. The second-order valence-electron chi connectivity index (χ2n) is 4.15. The first kappa shape index (κ1) is 15.7. The van der Waals surface area contributed by atoms with Crippen molar-refractivity contribution in [1.29, 1.82) is 0 Å². The summed E-state index contributed by atoms with van der Waals surface area (Å²) in [5.74, 6) is 0.102. The predicted molar refractivity (Wildman–Crippen MR) is 76.0 cm³/mol. The molecule has 0 radical (unpaired) electrons. The Morgan fingerprint density at radius 2 is 2.15 bits per heavy atom. The number of carbonyl (C=O) groups excluding carboxylic acids is 2. The molecule has 1 rings (SSSR count). The number of nitrogens with zero attached hydrogens (tertiary/aromatic N) is 1. The maximum absolute atomic E-state index is 11.4. The van der Waals surface area contributed by atoms with E-state index in [1.54, 1.807) is 18.3 Å². The average molecular weight is 280 g/mol. The number of pyridine rings is 1.